The van der Waals surface area contributed by atoms with E-state index in [1.165, 1.54) is 24.1 Å². The van der Waals surface area contributed by atoms with Gasteiger partial charge in [0.05, 0.1) is 25.1 Å². The molecule has 4 rings (SSSR count). The van der Waals surface area contributed by atoms with Crippen molar-refractivity contribution in [1.29, 1.82) is 0 Å². The van der Waals surface area contributed by atoms with E-state index < -0.39 is 29.3 Å². The van der Waals surface area contributed by atoms with Crippen LogP contribution in [0.15, 0.2) is 67.0 Å². The Balaban J connectivity index is 1.72. The highest BCUT2D eigenvalue weighted by Gasteiger charge is 2.45. The summed E-state index contributed by atoms with van der Waals surface area (Å²) in [6.07, 6.45) is 8.83. The molecule has 1 atom stereocenters. The summed E-state index contributed by atoms with van der Waals surface area (Å²) in [6, 6.07) is 6.44. The van der Waals surface area contributed by atoms with Crippen LogP contribution in [0.2, 0.25) is 0 Å². The quantitative estimate of drug-likeness (QED) is 0.348. The molecule has 1 fully saturated rings. The molecule has 1 amide bonds. The number of halogens is 1. The number of aromatic nitrogens is 3. The molecule has 0 unspecified atom stereocenters. The predicted molar refractivity (Wildman–Crippen MR) is 113 cm³/mol. The maximum atomic E-state index is 14.2. The molecule has 0 saturated carbocycles. The lowest BCUT2D eigenvalue weighted by molar-refractivity contribution is -0.139. The van der Waals surface area contributed by atoms with Gasteiger partial charge in [0.15, 0.2) is 11.6 Å². The number of pyridine rings is 1. The number of aliphatic hydroxyl groups is 1. The molecule has 8 nitrogen and oxygen atoms in total. The van der Waals surface area contributed by atoms with Crippen LogP contribution in [0.25, 0.3) is 5.76 Å². The van der Waals surface area contributed by atoms with E-state index in [-0.39, 0.29) is 23.4 Å². The number of amides is 1. The third-order valence-electron chi connectivity index (χ3n) is 5.34. The molecule has 0 aliphatic carbocycles. The smallest absolute Gasteiger partial charge is 0.295 e. The third kappa shape index (κ3) is 3.96. The highest BCUT2D eigenvalue weighted by Crippen LogP contribution is 2.39. The van der Waals surface area contributed by atoms with Gasteiger partial charge in [-0.1, -0.05) is 6.07 Å². The summed E-state index contributed by atoms with van der Waals surface area (Å²) >= 11 is 0. The Morgan fingerprint density at radius 2 is 2.03 bits per heavy atom. The zero-order chi connectivity index (χ0) is 22.7. The van der Waals surface area contributed by atoms with Crippen molar-refractivity contribution in [3.8, 4) is 5.75 Å². The molecular weight excluding hydrogens is 415 g/mol. The van der Waals surface area contributed by atoms with Gasteiger partial charge in [-0.2, -0.15) is 0 Å². The SMILES string of the molecule is COc1ccc(/C(O)=C2\C(=O)C(=O)N(CCCn3ccnc3)[C@@H]2c2cccnc2)cc1F. The van der Waals surface area contributed by atoms with Crippen LogP contribution in [0.1, 0.15) is 23.6 Å². The molecule has 1 aliphatic heterocycles. The minimum Gasteiger partial charge on any atom is -0.507 e. The van der Waals surface area contributed by atoms with Crippen molar-refractivity contribution in [3.63, 3.8) is 0 Å². The maximum absolute atomic E-state index is 14.2. The number of nitrogens with zero attached hydrogens (tertiary/aromatic N) is 4. The van der Waals surface area contributed by atoms with Crippen LogP contribution >= 0.6 is 0 Å². The molecule has 2 aromatic heterocycles. The molecule has 0 radical (unpaired) electrons. The van der Waals surface area contributed by atoms with Gasteiger partial charge in [0, 0.05) is 43.4 Å². The van der Waals surface area contributed by atoms with Crippen LogP contribution in [-0.4, -0.2) is 49.9 Å². The fraction of sp³-hybridized carbons (Fsp3) is 0.217. The zero-order valence-corrected chi connectivity index (χ0v) is 17.3. The number of benzene rings is 1. The fourth-order valence-corrected chi connectivity index (χ4v) is 3.81. The van der Waals surface area contributed by atoms with Gasteiger partial charge in [-0.3, -0.25) is 14.6 Å². The molecular formula is C23H21FN4O4. The van der Waals surface area contributed by atoms with Crippen molar-refractivity contribution in [1.82, 2.24) is 19.4 Å². The van der Waals surface area contributed by atoms with Crippen LogP contribution in [-0.2, 0) is 16.1 Å². The maximum Gasteiger partial charge on any atom is 0.295 e. The molecule has 1 aromatic carbocycles. The van der Waals surface area contributed by atoms with E-state index in [1.807, 2.05) is 10.8 Å². The number of rotatable bonds is 7. The molecule has 0 bridgehead atoms. The number of ether oxygens (including phenoxy) is 1. The van der Waals surface area contributed by atoms with Crippen molar-refractivity contribution < 1.29 is 23.8 Å². The summed E-state index contributed by atoms with van der Waals surface area (Å²) < 4.78 is 21.0. The molecule has 0 spiro atoms. The van der Waals surface area contributed by atoms with Crippen LogP contribution < -0.4 is 4.74 Å². The number of aliphatic hydroxyl groups excluding tert-OH is 1. The Morgan fingerprint density at radius 3 is 2.69 bits per heavy atom. The minimum atomic E-state index is -0.836. The monoisotopic (exact) mass is 436 g/mol. The van der Waals surface area contributed by atoms with E-state index in [0.717, 1.165) is 6.07 Å². The second kappa shape index (κ2) is 9.01. The first-order valence-corrected chi connectivity index (χ1v) is 9.99. The topological polar surface area (TPSA) is 97.6 Å². The van der Waals surface area contributed by atoms with E-state index in [1.54, 1.807) is 37.1 Å². The second-order valence-electron chi connectivity index (χ2n) is 7.28. The van der Waals surface area contributed by atoms with Gasteiger partial charge in [-0.25, -0.2) is 9.37 Å². The Morgan fingerprint density at radius 1 is 1.19 bits per heavy atom. The van der Waals surface area contributed by atoms with E-state index >= 15 is 0 Å². The lowest BCUT2D eigenvalue weighted by Gasteiger charge is -2.25. The Kier molecular flexibility index (Phi) is 5.98. The summed E-state index contributed by atoms with van der Waals surface area (Å²) in [6.45, 7) is 0.877. The predicted octanol–water partition coefficient (Wildman–Crippen LogP) is 2.94. The number of hydrogen-bond acceptors (Lipinski definition) is 6. The van der Waals surface area contributed by atoms with E-state index in [2.05, 4.69) is 9.97 Å². The first kappa shape index (κ1) is 21.2. The van der Waals surface area contributed by atoms with Crippen LogP contribution in [0.5, 0.6) is 5.75 Å². The van der Waals surface area contributed by atoms with Crippen molar-refractivity contribution in [3.05, 3.63) is 84.0 Å². The highest BCUT2D eigenvalue weighted by atomic mass is 19.1. The summed E-state index contributed by atoms with van der Waals surface area (Å²) in [5.74, 6) is -2.68. The lowest BCUT2D eigenvalue weighted by atomic mass is 9.96. The number of ketones is 1. The second-order valence-corrected chi connectivity index (χ2v) is 7.28. The summed E-state index contributed by atoms with van der Waals surface area (Å²) in [7, 11) is 1.33. The highest BCUT2D eigenvalue weighted by molar-refractivity contribution is 6.46. The normalized spacial score (nSPS) is 17.7. The van der Waals surface area contributed by atoms with Gasteiger partial charge in [0.25, 0.3) is 11.7 Å². The summed E-state index contributed by atoms with van der Waals surface area (Å²) in [5, 5.41) is 11.0. The van der Waals surface area contributed by atoms with Crippen molar-refractivity contribution in [2.24, 2.45) is 0 Å². The van der Waals surface area contributed by atoms with Gasteiger partial charge in [0.2, 0.25) is 0 Å². The number of imidazole rings is 1. The zero-order valence-electron chi connectivity index (χ0n) is 17.3. The van der Waals surface area contributed by atoms with Crippen molar-refractivity contribution >= 4 is 17.4 Å². The number of Topliss-reactive ketones (excluding diaryl/α,β-unsaturated/α-hetero) is 1. The van der Waals surface area contributed by atoms with Crippen LogP contribution in [0, 0.1) is 5.82 Å². The number of carbonyl (C=O) groups excluding carboxylic acids is 2. The largest absolute Gasteiger partial charge is 0.507 e. The average Bonchev–Trinajstić information content (AvgIpc) is 3.41. The van der Waals surface area contributed by atoms with Crippen LogP contribution in [0.4, 0.5) is 4.39 Å². The van der Waals surface area contributed by atoms with Gasteiger partial charge < -0.3 is 19.3 Å². The molecule has 3 aromatic rings. The number of aryl methyl sites for hydroxylation is 1. The van der Waals surface area contributed by atoms with Crippen molar-refractivity contribution in [2.75, 3.05) is 13.7 Å². The lowest BCUT2D eigenvalue weighted by Crippen LogP contribution is -2.31. The minimum absolute atomic E-state index is 0.00492. The Labute approximate surface area is 183 Å². The molecule has 3 heterocycles. The van der Waals surface area contributed by atoms with E-state index in [4.69, 9.17) is 4.74 Å². The number of hydrogen-bond donors (Lipinski definition) is 1. The van der Waals surface area contributed by atoms with Gasteiger partial charge in [0.1, 0.15) is 5.76 Å². The van der Waals surface area contributed by atoms with Gasteiger partial charge in [-0.05, 0) is 36.2 Å². The Hall–Kier alpha value is -4.01. The van der Waals surface area contributed by atoms with E-state index in [0.29, 0.717) is 18.5 Å². The third-order valence-corrected chi connectivity index (χ3v) is 5.34. The molecule has 1 saturated heterocycles. The molecule has 1 aliphatic rings. The van der Waals surface area contributed by atoms with Crippen molar-refractivity contribution in [2.45, 2.75) is 19.0 Å². The van der Waals surface area contributed by atoms with E-state index in [9.17, 15) is 19.1 Å². The van der Waals surface area contributed by atoms with Crippen LogP contribution in [0.3, 0.4) is 0 Å². The fourth-order valence-electron chi connectivity index (χ4n) is 3.81. The molecule has 32 heavy (non-hydrogen) atoms. The Bertz CT molecular complexity index is 1160. The summed E-state index contributed by atoms with van der Waals surface area (Å²) in [4.78, 5) is 35.3. The number of carbonyl (C=O) groups is 2. The first-order chi connectivity index (χ1) is 15.5. The molecule has 164 valence electrons. The first-order valence-electron chi connectivity index (χ1n) is 9.99. The summed E-state index contributed by atoms with van der Waals surface area (Å²) in [5.41, 5.74) is 0.550. The number of methoxy groups -OCH3 is 1. The molecule has 9 heteroatoms. The average molecular weight is 436 g/mol. The van der Waals surface area contributed by atoms with Gasteiger partial charge in [-0.15, -0.1) is 0 Å². The number of likely N-dealkylation sites (tertiary alicyclic amines) is 1. The van der Waals surface area contributed by atoms with Gasteiger partial charge >= 0.3 is 0 Å². The molecule has 1 N–H and O–H groups in total. The standard InChI is InChI=1S/C23H21FN4O4/c1-32-18-6-5-15(12-17(18)24)21(29)19-20(16-4-2-7-25-13-16)28(23(31)22(19)30)10-3-9-27-11-8-26-14-27/h2,4-8,11-14,20,29H,3,9-10H2,1H3/b21-19+/t20-/m1/s1.